The zero-order valence-corrected chi connectivity index (χ0v) is 13.2. The Bertz CT molecular complexity index is 424. The van der Waals surface area contributed by atoms with Crippen molar-refractivity contribution in [2.75, 3.05) is 13.1 Å². The molecule has 1 aliphatic carbocycles. The van der Waals surface area contributed by atoms with Crippen LogP contribution in [0.25, 0.3) is 0 Å². The number of carbonyl (C=O) groups excluding carboxylic acids is 1. The monoisotopic (exact) mass is 301 g/mol. The minimum absolute atomic E-state index is 0. The van der Waals surface area contributed by atoms with Gasteiger partial charge in [-0.3, -0.25) is 4.79 Å². The van der Waals surface area contributed by atoms with E-state index in [-0.39, 0.29) is 24.4 Å². The van der Waals surface area contributed by atoms with E-state index < -0.39 is 0 Å². The quantitative estimate of drug-likeness (QED) is 0.805. The first kappa shape index (κ1) is 17.0. The molecule has 1 aromatic rings. The van der Waals surface area contributed by atoms with Gasteiger partial charge in [0.05, 0.1) is 12.2 Å². The second kappa shape index (κ2) is 7.64. The molecule has 2 rings (SSSR count). The van der Waals surface area contributed by atoms with Gasteiger partial charge in [0.15, 0.2) is 0 Å². The summed E-state index contributed by atoms with van der Waals surface area (Å²) in [4.78, 5) is 11.7. The lowest BCUT2D eigenvalue weighted by molar-refractivity contribution is -0.120. The molecule has 1 atom stereocenters. The number of nitrogens with one attached hydrogen (secondary N) is 2. The Labute approximate surface area is 126 Å². The van der Waals surface area contributed by atoms with Gasteiger partial charge in [-0.15, -0.1) is 12.4 Å². The summed E-state index contributed by atoms with van der Waals surface area (Å²) >= 11 is 0. The number of rotatable bonds is 7. The van der Waals surface area contributed by atoms with Gasteiger partial charge in [0, 0.05) is 11.6 Å². The van der Waals surface area contributed by atoms with E-state index in [9.17, 15) is 4.79 Å². The first-order valence-corrected chi connectivity index (χ1v) is 6.98. The number of aryl methyl sites for hydroxylation is 2. The molecule has 1 fully saturated rings. The van der Waals surface area contributed by atoms with E-state index in [4.69, 9.17) is 4.52 Å². The first-order chi connectivity index (χ1) is 9.06. The van der Waals surface area contributed by atoms with E-state index >= 15 is 0 Å². The lowest BCUT2D eigenvalue weighted by Crippen LogP contribution is -2.40. The molecule has 0 radical (unpaired) electrons. The van der Waals surface area contributed by atoms with E-state index in [1.54, 1.807) is 0 Å². The largest absolute Gasteiger partial charge is 0.361 e. The average molecular weight is 302 g/mol. The van der Waals surface area contributed by atoms with Crippen LogP contribution in [-0.4, -0.2) is 30.2 Å². The molecule has 1 aliphatic rings. The second-order valence-corrected chi connectivity index (χ2v) is 5.55. The van der Waals surface area contributed by atoms with Gasteiger partial charge in [0.2, 0.25) is 5.91 Å². The molecule has 1 saturated carbocycles. The normalized spacial score (nSPS) is 15.6. The van der Waals surface area contributed by atoms with Crippen LogP contribution in [0.2, 0.25) is 0 Å². The lowest BCUT2D eigenvalue weighted by Gasteiger charge is -2.14. The van der Waals surface area contributed by atoms with E-state index in [1.807, 2.05) is 20.8 Å². The summed E-state index contributed by atoms with van der Waals surface area (Å²) in [5.41, 5.74) is 2.00. The zero-order valence-electron chi connectivity index (χ0n) is 12.4. The van der Waals surface area contributed by atoms with Crippen molar-refractivity contribution in [2.24, 2.45) is 5.92 Å². The fourth-order valence-corrected chi connectivity index (χ4v) is 2.19. The van der Waals surface area contributed by atoms with E-state index in [2.05, 4.69) is 15.8 Å². The highest BCUT2D eigenvalue weighted by molar-refractivity contribution is 5.85. The van der Waals surface area contributed by atoms with Crippen molar-refractivity contribution in [3.05, 3.63) is 17.0 Å². The number of hydrogen-bond acceptors (Lipinski definition) is 4. The highest BCUT2D eigenvalue weighted by atomic mass is 35.5. The van der Waals surface area contributed by atoms with E-state index in [1.165, 1.54) is 12.8 Å². The van der Waals surface area contributed by atoms with Gasteiger partial charge >= 0.3 is 0 Å². The van der Waals surface area contributed by atoms with Crippen molar-refractivity contribution in [3.8, 4) is 0 Å². The van der Waals surface area contributed by atoms with Crippen molar-refractivity contribution in [2.45, 2.75) is 46.1 Å². The number of aromatic nitrogens is 1. The summed E-state index contributed by atoms with van der Waals surface area (Å²) in [6.07, 6.45) is 3.36. The molecule has 1 aromatic heterocycles. The average Bonchev–Trinajstić information content (AvgIpc) is 3.11. The summed E-state index contributed by atoms with van der Waals surface area (Å²) < 4.78 is 5.12. The maximum Gasteiger partial charge on any atom is 0.234 e. The van der Waals surface area contributed by atoms with Crippen LogP contribution < -0.4 is 10.6 Å². The highest BCUT2D eigenvalue weighted by Crippen LogP contribution is 2.27. The summed E-state index contributed by atoms with van der Waals surface area (Å²) in [6, 6.07) is 0.0898. The molecule has 1 heterocycles. The molecule has 0 bridgehead atoms. The van der Waals surface area contributed by atoms with Crippen LogP contribution in [-0.2, 0) is 11.2 Å². The number of amides is 1. The standard InChI is InChI=1S/C14H23N3O2.ClH/c1-9(6-13-10(2)17-19-11(13)3)16-14(18)8-15-7-12-4-5-12;/h9,12,15H,4-8H2,1-3H3,(H,16,18);1H. The number of carbonyl (C=O) groups is 1. The third-order valence-corrected chi connectivity index (χ3v) is 3.51. The highest BCUT2D eigenvalue weighted by Gasteiger charge is 2.21. The fraction of sp³-hybridized carbons (Fsp3) is 0.714. The summed E-state index contributed by atoms with van der Waals surface area (Å²) in [5.74, 6) is 1.69. The molecule has 1 unspecified atom stereocenters. The van der Waals surface area contributed by atoms with Crippen LogP contribution in [0.15, 0.2) is 4.52 Å². The Morgan fingerprint density at radius 3 is 2.70 bits per heavy atom. The SMILES string of the molecule is Cc1noc(C)c1CC(C)NC(=O)CNCC1CC1.Cl. The lowest BCUT2D eigenvalue weighted by atomic mass is 10.1. The second-order valence-electron chi connectivity index (χ2n) is 5.55. The molecular formula is C14H24ClN3O2. The third-order valence-electron chi connectivity index (χ3n) is 3.51. The number of nitrogens with zero attached hydrogens (tertiary/aromatic N) is 1. The third kappa shape index (κ3) is 5.13. The van der Waals surface area contributed by atoms with Crippen molar-refractivity contribution in [1.29, 1.82) is 0 Å². The summed E-state index contributed by atoms with van der Waals surface area (Å²) in [7, 11) is 0. The molecule has 0 spiro atoms. The van der Waals surface area contributed by atoms with Gasteiger partial charge in [0.1, 0.15) is 5.76 Å². The maximum atomic E-state index is 11.7. The molecular weight excluding hydrogens is 278 g/mol. The zero-order chi connectivity index (χ0) is 13.8. The molecule has 5 nitrogen and oxygen atoms in total. The van der Waals surface area contributed by atoms with Gasteiger partial charge in [-0.05, 0) is 52.5 Å². The fourth-order valence-electron chi connectivity index (χ4n) is 2.19. The smallest absolute Gasteiger partial charge is 0.234 e. The van der Waals surface area contributed by atoms with Crippen molar-refractivity contribution < 1.29 is 9.32 Å². The van der Waals surface area contributed by atoms with Crippen LogP contribution in [0.4, 0.5) is 0 Å². The van der Waals surface area contributed by atoms with Crippen LogP contribution in [0, 0.1) is 19.8 Å². The van der Waals surface area contributed by atoms with Gasteiger partial charge in [-0.25, -0.2) is 0 Å². The van der Waals surface area contributed by atoms with Crippen molar-refractivity contribution in [3.63, 3.8) is 0 Å². The van der Waals surface area contributed by atoms with E-state index in [0.717, 1.165) is 35.9 Å². The summed E-state index contributed by atoms with van der Waals surface area (Å²) in [6.45, 7) is 7.21. The minimum atomic E-state index is 0. The predicted molar refractivity (Wildman–Crippen MR) is 80.1 cm³/mol. The topological polar surface area (TPSA) is 67.2 Å². The molecule has 20 heavy (non-hydrogen) atoms. The van der Waals surface area contributed by atoms with Gasteiger partial charge < -0.3 is 15.2 Å². The van der Waals surface area contributed by atoms with E-state index in [0.29, 0.717) is 6.54 Å². The first-order valence-electron chi connectivity index (χ1n) is 6.98. The van der Waals surface area contributed by atoms with Crippen molar-refractivity contribution >= 4 is 18.3 Å². The Kier molecular flexibility index (Phi) is 6.49. The predicted octanol–water partition coefficient (Wildman–Crippen LogP) is 1.76. The van der Waals surface area contributed by atoms with Gasteiger partial charge in [-0.2, -0.15) is 0 Å². The molecule has 0 aliphatic heterocycles. The van der Waals surface area contributed by atoms with Crippen LogP contribution in [0.1, 0.15) is 36.8 Å². The number of hydrogen-bond donors (Lipinski definition) is 2. The van der Waals surface area contributed by atoms with Gasteiger partial charge in [-0.1, -0.05) is 5.16 Å². The Morgan fingerprint density at radius 2 is 2.15 bits per heavy atom. The molecule has 0 aromatic carbocycles. The van der Waals surface area contributed by atoms with Crippen LogP contribution >= 0.6 is 12.4 Å². The van der Waals surface area contributed by atoms with Crippen LogP contribution in [0.3, 0.4) is 0 Å². The molecule has 6 heteroatoms. The Hall–Kier alpha value is -1.07. The van der Waals surface area contributed by atoms with Crippen molar-refractivity contribution in [1.82, 2.24) is 15.8 Å². The molecule has 114 valence electrons. The molecule has 1 amide bonds. The Balaban J connectivity index is 0.00000200. The molecule has 0 saturated heterocycles. The maximum absolute atomic E-state index is 11.7. The van der Waals surface area contributed by atoms with Crippen LogP contribution in [0.5, 0.6) is 0 Å². The Morgan fingerprint density at radius 1 is 1.45 bits per heavy atom. The minimum Gasteiger partial charge on any atom is -0.361 e. The number of halogens is 1. The van der Waals surface area contributed by atoms with Gasteiger partial charge in [0.25, 0.3) is 0 Å². The summed E-state index contributed by atoms with van der Waals surface area (Å²) in [5, 5.41) is 10.1. The molecule has 2 N–H and O–H groups in total.